The van der Waals surface area contributed by atoms with Crippen LogP contribution in [0.25, 0.3) is 33.1 Å². The lowest BCUT2D eigenvalue weighted by Crippen LogP contribution is -2.53. The molecule has 2 fully saturated rings. The van der Waals surface area contributed by atoms with Crippen LogP contribution in [-0.2, 0) is 0 Å². The van der Waals surface area contributed by atoms with Gasteiger partial charge in [-0.3, -0.25) is 10.1 Å². The summed E-state index contributed by atoms with van der Waals surface area (Å²) in [4.78, 5) is 31.0. The van der Waals surface area contributed by atoms with Crippen molar-refractivity contribution in [2.45, 2.75) is 38.8 Å². The zero-order valence-corrected chi connectivity index (χ0v) is 22.2. The van der Waals surface area contributed by atoms with Crippen molar-refractivity contribution in [2.24, 2.45) is 0 Å². The fourth-order valence-corrected chi connectivity index (χ4v) is 5.73. The predicted molar refractivity (Wildman–Crippen MR) is 145 cm³/mol. The first kappa shape index (κ1) is 25.2. The van der Waals surface area contributed by atoms with Crippen molar-refractivity contribution in [3.63, 3.8) is 0 Å². The highest BCUT2D eigenvalue weighted by Gasteiger charge is 2.31. The lowest BCUT2D eigenvalue weighted by Gasteiger charge is -2.39. The molecule has 0 radical (unpaired) electrons. The Labute approximate surface area is 224 Å². The summed E-state index contributed by atoms with van der Waals surface area (Å²) < 4.78 is 22.5. The SMILES string of the molecule is Cc1ccc2[nH]ncc2c1-c1ncc2c(N3CCN(C(=O)O)C[C@@H]3C)nc(OC[C@@H]3CCCN3C)nc2c1F. The van der Waals surface area contributed by atoms with Gasteiger partial charge in [-0.15, -0.1) is 0 Å². The van der Waals surface area contributed by atoms with Crippen LogP contribution in [0.15, 0.2) is 24.5 Å². The maximum Gasteiger partial charge on any atom is 0.407 e. The Morgan fingerprint density at radius 2 is 2.05 bits per heavy atom. The van der Waals surface area contributed by atoms with Gasteiger partial charge < -0.3 is 24.5 Å². The van der Waals surface area contributed by atoms with Gasteiger partial charge in [0.2, 0.25) is 0 Å². The van der Waals surface area contributed by atoms with Crippen molar-refractivity contribution in [3.05, 3.63) is 35.9 Å². The van der Waals surface area contributed by atoms with Crippen LogP contribution < -0.4 is 9.64 Å². The number of hydrogen-bond acceptors (Lipinski definition) is 8. The number of nitrogens with zero attached hydrogens (tertiary/aromatic N) is 7. The molecule has 2 N–H and O–H groups in total. The van der Waals surface area contributed by atoms with E-state index in [0.717, 1.165) is 35.9 Å². The number of halogens is 1. The molecule has 0 spiro atoms. The van der Waals surface area contributed by atoms with Crippen LogP contribution in [0.4, 0.5) is 15.0 Å². The highest BCUT2D eigenvalue weighted by molar-refractivity contribution is 5.98. The lowest BCUT2D eigenvalue weighted by molar-refractivity contribution is 0.136. The molecule has 2 saturated heterocycles. The summed E-state index contributed by atoms with van der Waals surface area (Å²) >= 11 is 0. The largest absolute Gasteiger partial charge is 0.465 e. The van der Waals surface area contributed by atoms with Crippen molar-refractivity contribution in [2.75, 3.05) is 44.7 Å². The van der Waals surface area contributed by atoms with Crippen LogP contribution in [0.2, 0.25) is 0 Å². The highest BCUT2D eigenvalue weighted by Crippen LogP contribution is 2.37. The summed E-state index contributed by atoms with van der Waals surface area (Å²) in [7, 11) is 2.06. The average molecular weight is 535 g/mol. The molecule has 4 aromatic rings. The van der Waals surface area contributed by atoms with E-state index in [4.69, 9.17) is 9.72 Å². The van der Waals surface area contributed by atoms with Crippen molar-refractivity contribution >= 4 is 33.7 Å². The first-order chi connectivity index (χ1) is 18.8. The second-order valence-corrected chi connectivity index (χ2v) is 10.5. The third kappa shape index (κ3) is 4.48. The van der Waals surface area contributed by atoms with Gasteiger partial charge in [0.25, 0.3) is 0 Å². The van der Waals surface area contributed by atoms with Crippen molar-refractivity contribution in [1.82, 2.24) is 34.9 Å². The van der Waals surface area contributed by atoms with Gasteiger partial charge in [0.05, 0.1) is 17.1 Å². The molecule has 5 heterocycles. The number of hydrogen-bond donors (Lipinski definition) is 2. The van der Waals surface area contributed by atoms with Crippen LogP contribution in [0.3, 0.4) is 0 Å². The summed E-state index contributed by atoms with van der Waals surface area (Å²) in [6, 6.07) is 3.96. The number of rotatable bonds is 5. The number of likely N-dealkylation sites (N-methyl/N-ethyl adjacent to an activating group) is 1. The van der Waals surface area contributed by atoms with E-state index in [9.17, 15) is 9.90 Å². The number of nitrogens with one attached hydrogen (secondary N) is 1. The molecular weight excluding hydrogens is 503 g/mol. The number of H-pyrrole nitrogens is 1. The van der Waals surface area contributed by atoms with Gasteiger partial charge in [-0.2, -0.15) is 15.1 Å². The number of carboxylic acid groups (broad SMARTS) is 1. The molecule has 0 aliphatic carbocycles. The predicted octanol–water partition coefficient (Wildman–Crippen LogP) is 3.68. The number of aryl methyl sites for hydroxylation is 1. The zero-order valence-electron chi connectivity index (χ0n) is 22.2. The van der Waals surface area contributed by atoms with Crippen molar-refractivity contribution in [1.29, 1.82) is 0 Å². The Bertz CT molecular complexity index is 1560. The number of aromatic amines is 1. The first-order valence-corrected chi connectivity index (χ1v) is 13.2. The summed E-state index contributed by atoms with van der Waals surface area (Å²) in [5.74, 6) is -0.0730. The average Bonchev–Trinajstić information content (AvgIpc) is 3.56. The molecule has 12 heteroatoms. The summed E-state index contributed by atoms with van der Waals surface area (Å²) in [5, 5.41) is 17.8. The normalized spacial score (nSPS) is 20.3. The van der Waals surface area contributed by atoms with Gasteiger partial charge in [0.1, 0.15) is 23.6 Å². The zero-order chi connectivity index (χ0) is 27.3. The molecule has 204 valence electrons. The summed E-state index contributed by atoms with van der Waals surface area (Å²) in [5.41, 5.74) is 2.60. The Morgan fingerprint density at radius 3 is 2.79 bits per heavy atom. The summed E-state index contributed by atoms with van der Waals surface area (Å²) in [6.45, 7) is 6.26. The molecule has 3 aromatic heterocycles. The minimum atomic E-state index is -0.958. The molecule has 39 heavy (non-hydrogen) atoms. The molecular formula is C27H31FN8O3. The van der Waals surface area contributed by atoms with Crippen LogP contribution in [0.1, 0.15) is 25.3 Å². The number of anilines is 1. The molecule has 2 atom stereocenters. The second kappa shape index (κ2) is 9.92. The van der Waals surface area contributed by atoms with E-state index in [1.54, 1.807) is 12.4 Å². The van der Waals surface area contributed by atoms with E-state index >= 15 is 4.39 Å². The highest BCUT2D eigenvalue weighted by atomic mass is 19.1. The monoisotopic (exact) mass is 534 g/mol. The van der Waals surface area contributed by atoms with E-state index in [1.165, 1.54) is 4.90 Å². The van der Waals surface area contributed by atoms with Gasteiger partial charge in [-0.05, 0) is 51.9 Å². The third-order valence-electron chi connectivity index (χ3n) is 7.96. The van der Waals surface area contributed by atoms with Crippen molar-refractivity contribution in [3.8, 4) is 17.3 Å². The maximum absolute atomic E-state index is 16.4. The second-order valence-electron chi connectivity index (χ2n) is 10.5. The minimum Gasteiger partial charge on any atom is -0.465 e. The quantitative estimate of drug-likeness (QED) is 0.395. The van der Waals surface area contributed by atoms with Crippen LogP contribution in [0.5, 0.6) is 6.01 Å². The molecule has 2 aliphatic rings. The number of amides is 1. The Hall–Kier alpha value is -4.06. The topological polar surface area (TPSA) is 124 Å². The first-order valence-electron chi connectivity index (χ1n) is 13.2. The van der Waals surface area contributed by atoms with E-state index in [0.29, 0.717) is 43.0 Å². The molecule has 0 unspecified atom stereocenters. The van der Waals surface area contributed by atoms with E-state index in [1.807, 2.05) is 30.9 Å². The summed E-state index contributed by atoms with van der Waals surface area (Å²) in [6.07, 6.45) is 4.43. The lowest BCUT2D eigenvalue weighted by atomic mass is 10.00. The number of pyridine rings is 1. The van der Waals surface area contributed by atoms with Gasteiger partial charge in [0.15, 0.2) is 5.82 Å². The Kier molecular flexibility index (Phi) is 6.42. The van der Waals surface area contributed by atoms with Gasteiger partial charge in [-0.25, -0.2) is 9.18 Å². The van der Waals surface area contributed by atoms with Gasteiger partial charge in [0, 0.05) is 48.9 Å². The molecule has 2 aliphatic heterocycles. The number of ether oxygens (including phenoxy) is 1. The fraction of sp³-hybridized carbons (Fsp3) is 0.444. The number of likely N-dealkylation sites (tertiary alicyclic amines) is 1. The third-order valence-corrected chi connectivity index (χ3v) is 7.96. The van der Waals surface area contributed by atoms with E-state index in [2.05, 4.69) is 32.1 Å². The van der Waals surface area contributed by atoms with E-state index in [-0.39, 0.29) is 29.3 Å². The van der Waals surface area contributed by atoms with Gasteiger partial charge >= 0.3 is 12.1 Å². The smallest absolute Gasteiger partial charge is 0.407 e. The van der Waals surface area contributed by atoms with Crippen molar-refractivity contribution < 1.29 is 19.0 Å². The Balaban J connectivity index is 1.47. The van der Waals surface area contributed by atoms with E-state index < -0.39 is 11.9 Å². The molecule has 11 nitrogen and oxygen atoms in total. The van der Waals surface area contributed by atoms with Crippen LogP contribution in [-0.4, -0.2) is 98.1 Å². The van der Waals surface area contributed by atoms with Crippen LogP contribution >= 0.6 is 0 Å². The minimum absolute atomic E-state index is 0.0972. The number of benzene rings is 1. The van der Waals surface area contributed by atoms with Crippen LogP contribution in [0, 0.1) is 12.7 Å². The molecule has 1 aromatic carbocycles. The number of aromatic nitrogens is 5. The maximum atomic E-state index is 16.4. The fourth-order valence-electron chi connectivity index (χ4n) is 5.73. The molecule has 0 bridgehead atoms. The van der Waals surface area contributed by atoms with Gasteiger partial charge in [-0.1, -0.05) is 6.07 Å². The number of fused-ring (bicyclic) bond motifs is 2. The molecule has 1 amide bonds. The standard InChI is InChI=1S/C27H31FN8O3/c1-15-6-7-20-18(12-30-33-20)21(15)24-22(28)23-19(11-29-24)25(36-10-9-35(27(37)38)13-16(36)2)32-26(31-23)39-14-17-5-4-8-34(17)3/h6-7,11-12,16-17H,4-5,8-10,13-14H2,1-3H3,(H,30,33)(H,37,38)/t16-,17-/m0/s1. The molecule has 6 rings (SSSR count). The Morgan fingerprint density at radius 1 is 1.21 bits per heavy atom. The number of carbonyl (C=O) groups is 1. The number of piperazine rings is 1. The molecule has 0 saturated carbocycles.